The second-order valence-electron chi connectivity index (χ2n) is 2.30. The number of hydrogen-bond donors (Lipinski definition) is 0. The van der Waals surface area contributed by atoms with Crippen LogP contribution in [0.2, 0.25) is 0 Å². The van der Waals surface area contributed by atoms with Gasteiger partial charge in [0.05, 0.1) is 6.61 Å². The minimum Gasteiger partial charge on any atom is -0.493 e. The molecule has 0 fully saturated rings. The molecule has 0 radical (unpaired) electrons. The van der Waals surface area contributed by atoms with Gasteiger partial charge in [-0.05, 0) is 47.0 Å². The Kier molecular flexibility index (Phi) is 4.83. The van der Waals surface area contributed by atoms with Crippen LogP contribution in [0.15, 0.2) is 24.3 Å². The summed E-state index contributed by atoms with van der Waals surface area (Å²) < 4.78 is 6.72. The van der Waals surface area contributed by atoms with E-state index >= 15 is 0 Å². The fraction of sp³-hybridized carbons (Fsp3) is 0.333. The van der Waals surface area contributed by atoms with Gasteiger partial charge in [0, 0.05) is 9.32 Å². The highest BCUT2D eigenvalue weighted by Crippen LogP contribution is 2.14. The lowest BCUT2D eigenvalue weighted by Crippen LogP contribution is -1.99. The molecule has 3 heteroatoms. The summed E-state index contributed by atoms with van der Waals surface area (Å²) in [5, 5.41) is 0. The van der Waals surface area contributed by atoms with Gasteiger partial charge in [0.25, 0.3) is 0 Å². The maximum absolute atomic E-state index is 5.50. The second kappa shape index (κ2) is 5.70. The molecule has 1 aromatic carbocycles. The molecule has 0 N–H and O–H groups in total. The van der Waals surface area contributed by atoms with E-state index in [0.717, 1.165) is 18.1 Å². The van der Waals surface area contributed by atoms with Crippen LogP contribution in [0.3, 0.4) is 0 Å². The first-order valence-electron chi connectivity index (χ1n) is 3.70. The molecule has 0 aliphatic heterocycles. The molecule has 0 atom stereocenters. The SMILES string of the molecule is CSCCOc1cccc(I)c1. The lowest BCUT2D eigenvalue weighted by molar-refractivity contribution is 0.344. The van der Waals surface area contributed by atoms with E-state index in [4.69, 9.17) is 4.74 Å². The lowest BCUT2D eigenvalue weighted by Gasteiger charge is -2.04. The van der Waals surface area contributed by atoms with E-state index in [-0.39, 0.29) is 0 Å². The Balaban J connectivity index is 2.41. The lowest BCUT2D eigenvalue weighted by atomic mass is 10.3. The molecule has 1 aromatic rings. The molecule has 1 nitrogen and oxygen atoms in total. The first kappa shape index (κ1) is 10.2. The molecule has 1 rings (SSSR count). The summed E-state index contributed by atoms with van der Waals surface area (Å²) in [5.74, 6) is 2.02. The van der Waals surface area contributed by atoms with Crippen molar-refractivity contribution < 1.29 is 4.74 Å². The Morgan fingerprint density at radius 3 is 3.00 bits per heavy atom. The van der Waals surface area contributed by atoms with Gasteiger partial charge in [0.15, 0.2) is 0 Å². The van der Waals surface area contributed by atoms with Crippen LogP contribution in [0.4, 0.5) is 0 Å². The van der Waals surface area contributed by atoms with Crippen molar-refractivity contribution in [2.24, 2.45) is 0 Å². The Morgan fingerprint density at radius 2 is 2.33 bits per heavy atom. The molecular formula is C9H11IOS. The Bertz CT molecular complexity index is 240. The predicted octanol–water partition coefficient (Wildman–Crippen LogP) is 3.03. The van der Waals surface area contributed by atoms with Crippen molar-refractivity contribution in [3.05, 3.63) is 27.8 Å². The molecule has 0 saturated heterocycles. The fourth-order valence-corrected chi connectivity index (χ4v) is 1.56. The third-order valence-corrected chi connectivity index (χ3v) is 2.60. The quantitative estimate of drug-likeness (QED) is 0.623. The molecule has 0 aliphatic carbocycles. The molecule has 0 saturated carbocycles. The fourth-order valence-electron chi connectivity index (χ4n) is 0.800. The van der Waals surface area contributed by atoms with Gasteiger partial charge in [-0.15, -0.1) is 0 Å². The van der Waals surface area contributed by atoms with Gasteiger partial charge in [-0.3, -0.25) is 0 Å². The van der Waals surface area contributed by atoms with Crippen molar-refractivity contribution in [1.29, 1.82) is 0 Å². The summed E-state index contributed by atoms with van der Waals surface area (Å²) in [4.78, 5) is 0. The highest BCUT2D eigenvalue weighted by atomic mass is 127. The maximum atomic E-state index is 5.50. The van der Waals surface area contributed by atoms with Gasteiger partial charge >= 0.3 is 0 Å². The highest BCUT2D eigenvalue weighted by Gasteiger charge is 1.92. The summed E-state index contributed by atoms with van der Waals surface area (Å²) in [6.45, 7) is 0.793. The van der Waals surface area contributed by atoms with Crippen LogP contribution >= 0.6 is 34.4 Å². The highest BCUT2D eigenvalue weighted by molar-refractivity contribution is 14.1. The maximum Gasteiger partial charge on any atom is 0.120 e. The molecule has 0 aromatic heterocycles. The van der Waals surface area contributed by atoms with E-state index in [1.807, 2.05) is 18.2 Å². The monoisotopic (exact) mass is 294 g/mol. The standard InChI is InChI=1S/C9H11IOS/c1-12-6-5-11-9-4-2-3-8(10)7-9/h2-4,7H,5-6H2,1H3. The molecule has 66 valence electrons. The minimum absolute atomic E-state index is 0.793. The minimum atomic E-state index is 0.793. The van der Waals surface area contributed by atoms with Gasteiger partial charge in [0.1, 0.15) is 5.75 Å². The summed E-state index contributed by atoms with van der Waals surface area (Å²) in [6, 6.07) is 8.10. The van der Waals surface area contributed by atoms with Crippen molar-refractivity contribution in [2.75, 3.05) is 18.6 Å². The molecule has 0 unspecified atom stereocenters. The van der Waals surface area contributed by atoms with E-state index < -0.39 is 0 Å². The van der Waals surface area contributed by atoms with E-state index in [1.54, 1.807) is 11.8 Å². The van der Waals surface area contributed by atoms with Gasteiger partial charge in [-0.2, -0.15) is 11.8 Å². The van der Waals surface area contributed by atoms with Crippen LogP contribution in [-0.2, 0) is 0 Å². The Hall–Kier alpha value is 0.100. The largest absolute Gasteiger partial charge is 0.493 e. The third-order valence-electron chi connectivity index (χ3n) is 1.35. The number of thioether (sulfide) groups is 1. The van der Waals surface area contributed by atoms with Crippen molar-refractivity contribution in [1.82, 2.24) is 0 Å². The normalized spacial score (nSPS) is 9.83. The van der Waals surface area contributed by atoms with Crippen molar-refractivity contribution in [2.45, 2.75) is 0 Å². The zero-order valence-electron chi connectivity index (χ0n) is 6.92. The van der Waals surface area contributed by atoms with E-state index in [2.05, 4.69) is 34.9 Å². The molecule has 0 aliphatic rings. The smallest absolute Gasteiger partial charge is 0.120 e. The Morgan fingerprint density at radius 1 is 1.50 bits per heavy atom. The summed E-state index contributed by atoms with van der Waals surface area (Å²) in [7, 11) is 0. The van der Waals surface area contributed by atoms with Crippen LogP contribution in [0.5, 0.6) is 5.75 Å². The first-order chi connectivity index (χ1) is 5.83. The first-order valence-corrected chi connectivity index (χ1v) is 6.17. The number of ether oxygens (including phenoxy) is 1. The summed E-state index contributed by atoms with van der Waals surface area (Å²) >= 11 is 4.08. The van der Waals surface area contributed by atoms with Crippen LogP contribution in [-0.4, -0.2) is 18.6 Å². The van der Waals surface area contributed by atoms with Crippen molar-refractivity contribution in [3.8, 4) is 5.75 Å². The van der Waals surface area contributed by atoms with Gasteiger partial charge < -0.3 is 4.74 Å². The number of hydrogen-bond acceptors (Lipinski definition) is 2. The molecule has 0 spiro atoms. The van der Waals surface area contributed by atoms with Crippen LogP contribution < -0.4 is 4.74 Å². The van der Waals surface area contributed by atoms with Gasteiger partial charge in [-0.1, -0.05) is 6.07 Å². The van der Waals surface area contributed by atoms with Crippen LogP contribution in [0.25, 0.3) is 0 Å². The average Bonchev–Trinajstić information content (AvgIpc) is 2.05. The van der Waals surface area contributed by atoms with Crippen molar-refractivity contribution in [3.63, 3.8) is 0 Å². The summed E-state index contributed by atoms with van der Waals surface area (Å²) in [6.07, 6.45) is 2.08. The third kappa shape index (κ3) is 3.67. The second-order valence-corrected chi connectivity index (χ2v) is 4.53. The van der Waals surface area contributed by atoms with Crippen molar-refractivity contribution >= 4 is 34.4 Å². The zero-order valence-corrected chi connectivity index (χ0v) is 9.89. The number of halogens is 1. The number of rotatable bonds is 4. The predicted molar refractivity (Wildman–Crippen MR) is 63.0 cm³/mol. The molecular weight excluding hydrogens is 283 g/mol. The van der Waals surface area contributed by atoms with Gasteiger partial charge in [0.2, 0.25) is 0 Å². The van der Waals surface area contributed by atoms with Crippen LogP contribution in [0.1, 0.15) is 0 Å². The van der Waals surface area contributed by atoms with E-state index in [1.165, 1.54) is 3.57 Å². The topological polar surface area (TPSA) is 9.23 Å². The molecule has 0 amide bonds. The Labute approximate surface area is 91.0 Å². The summed E-state index contributed by atoms with van der Waals surface area (Å²) in [5.41, 5.74) is 0. The van der Waals surface area contributed by atoms with E-state index in [0.29, 0.717) is 0 Å². The number of benzene rings is 1. The molecule has 0 bridgehead atoms. The van der Waals surface area contributed by atoms with E-state index in [9.17, 15) is 0 Å². The average molecular weight is 294 g/mol. The van der Waals surface area contributed by atoms with Gasteiger partial charge in [-0.25, -0.2) is 0 Å². The van der Waals surface area contributed by atoms with Crippen LogP contribution in [0, 0.1) is 3.57 Å². The molecule has 12 heavy (non-hydrogen) atoms. The molecule has 0 heterocycles. The zero-order chi connectivity index (χ0) is 8.81.